The first-order valence-electron chi connectivity index (χ1n) is 19.1. The molecule has 2 N–H and O–H groups in total. The van der Waals surface area contributed by atoms with Crippen molar-refractivity contribution in [3.05, 3.63) is 106 Å². The predicted octanol–water partition coefficient (Wildman–Crippen LogP) is 9.01. The van der Waals surface area contributed by atoms with Crippen molar-refractivity contribution >= 4 is 36.6 Å². The van der Waals surface area contributed by atoms with Crippen molar-refractivity contribution in [2.45, 2.75) is 105 Å². The number of rotatable bonds is 5. The first kappa shape index (κ1) is 46.8. The molecule has 0 saturated heterocycles. The van der Waals surface area contributed by atoms with Crippen LogP contribution in [0.2, 0.25) is 0 Å². The number of hydrogen-bond acceptors (Lipinski definition) is 5. The van der Waals surface area contributed by atoms with Gasteiger partial charge in [0.05, 0.1) is 28.0 Å². The Labute approximate surface area is 348 Å². The molecular weight excluding hydrogens is 805 g/mol. The van der Waals surface area contributed by atoms with Crippen LogP contribution in [0.4, 0.5) is 26.3 Å². The maximum Gasteiger partial charge on any atom is 0.417 e. The highest BCUT2D eigenvalue weighted by atomic mass is 35.5. The van der Waals surface area contributed by atoms with E-state index >= 15 is 0 Å². The predicted molar refractivity (Wildman–Crippen MR) is 214 cm³/mol. The molecule has 0 radical (unpaired) electrons. The summed E-state index contributed by atoms with van der Waals surface area (Å²) in [4.78, 5) is 38.3. The number of nitrogens with two attached hydrogens (primary N) is 1. The number of aromatic nitrogens is 3. The molecule has 3 aromatic rings. The lowest BCUT2D eigenvalue weighted by Crippen LogP contribution is -2.48. The molecule has 0 saturated carbocycles. The van der Waals surface area contributed by atoms with Gasteiger partial charge in [-0.05, 0) is 73.9 Å². The number of hydrogen-bond donors (Lipinski definition) is 1. The molecule has 2 amide bonds. The quantitative estimate of drug-likeness (QED) is 0.204. The average Bonchev–Trinajstić information content (AvgIpc) is 3.86. The van der Waals surface area contributed by atoms with Gasteiger partial charge in [-0.25, -0.2) is 0 Å². The highest BCUT2D eigenvalue weighted by Crippen LogP contribution is 2.47. The molecule has 2 aliphatic heterocycles. The molecule has 3 aromatic heterocycles. The molecule has 58 heavy (non-hydrogen) atoms. The fourth-order valence-corrected chi connectivity index (χ4v) is 8.73. The summed E-state index contributed by atoms with van der Waals surface area (Å²) < 4.78 is 80.4. The molecule has 0 fully saturated rings. The third-order valence-electron chi connectivity index (χ3n) is 12.2. The summed E-state index contributed by atoms with van der Waals surface area (Å²) in [5.41, 5.74) is 7.63. The normalized spacial score (nSPS) is 23.8. The van der Waals surface area contributed by atoms with Gasteiger partial charge in [0.2, 0.25) is 11.8 Å². The second-order valence-electron chi connectivity index (χ2n) is 16.3. The van der Waals surface area contributed by atoms with Gasteiger partial charge in [-0.2, -0.15) is 26.3 Å². The summed E-state index contributed by atoms with van der Waals surface area (Å²) in [5.74, 6) is 0.0609. The summed E-state index contributed by atoms with van der Waals surface area (Å²) in [6, 6.07) is 6.34. The number of halogens is 8. The van der Waals surface area contributed by atoms with Crippen LogP contribution >= 0.6 is 24.8 Å². The van der Waals surface area contributed by atoms with Crippen LogP contribution in [-0.4, -0.2) is 55.3 Å². The third-order valence-corrected chi connectivity index (χ3v) is 12.2. The van der Waals surface area contributed by atoms with Crippen LogP contribution in [0.3, 0.4) is 0 Å². The number of allylic oxidation sites excluding steroid dienone is 1. The van der Waals surface area contributed by atoms with Crippen molar-refractivity contribution in [1.29, 1.82) is 0 Å². The van der Waals surface area contributed by atoms with Crippen LogP contribution in [0, 0.1) is 36.5 Å². The fourth-order valence-electron chi connectivity index (χ4n) is 8.73. The number of amides is 2. The summed E-state index contributed by atoms with van der Waals surface area (Å²) in [6.45, 7) is 13.4. The van der Waals surface area contributed by atoms with E-state index in [9.17, 15) is 35.9 Å². The second-order valence-corrected chi connectivity index (χ2v) is 16.3. The van der Waals surface area contributed by atoms with E-state index in [-0.39, 0.29) is 73.6 Å². The highest BCUT2D eigenvalue weighted by Gasteiger charge is 2.48. The Morgan fingerprint density at radius 3 is 1.52 bits per heavy atom. The molecule has 8 nitrogen and oxygen atoms in total. The Morgan fingerprint density at radius 2 is 1.14 bits per heavy atom. The van der Waals surface area contributed by atoms with Gasteiger partial charge < -0.3 is 20.1 Å². The number of fused-ring (bicyclic) bond motifs is 2. The van der Waals surface area contributed by atoms with Crippen molar-refractivity contribution in [3.8, 4) is 0 Å². The van der Waals surface area contributed by atoms with Crippen LogP contribution in [0.15, 0.2) is 61.0 Å². The van der Waals surface area contributed by atoms with E-state index < -0.39 is 34.3 Å². The van der Waals surface area contributed by atoms with E-state index in [1.807, 2.05) is 45.9 Å². The van der Waals surface area contributed by atoms with Gasteiger partial charge in [0.25, 0.3) is 0 Å². The van der Waals surface area contributed by atoms with E-state index in [2.05, 4.69) is 46.6 Å². The van der Waals surface area contributed by atoms with Crippen molar-refractivity contribution in [1.82, 2.24) is 24.3 Å². The van der Waals surface area contributed by atoms with Gasteiger partial charge in [0, 0.05) is 80.2 Å². The molecule has 4 atom stereocenters. The molecule has 5 heterocycles. The monoisotopic (exact) mass is 856 g/mol. The van der Waals surface area contributed by atoms with Crippen molar-refractivity contribution in [3.63, 3.8) is 0 Å². The topological polar surface area (TPSA) is 97.3 Å². The first-order valence-corrected chi connectivity index (χ1v) is 19.1. The Bertz CT molecular complexity index is 2030. The average molecular weight is 858 g/mol. The number of pyridine rings is 2. The highest BCUT2D eigenvalue weighted by molar-refractivity contribution is 5.87. The van der Waals surface area contributed by atoms with Gasteiger partial charge in [-0.15, -0.1) is 24.8 Å². The molecule has 7 rings (SSSR count). The maximum absolute atomic E-state index is 13.8. The minimum atomic E-state index is -4.44. The fraction of sp³-hybridized carbons (Fsp3) is 0.524. The van der Waals surface area contributed by atoms with E-state index in [0.717, 1.165) is 35.9 Å². The molecule has 16 heteroatoms. The summed E-state index contributed by atoms with van der Waals surface area (Å²) in [7, 11) is 0. The Balaban J connectivity index is 0.000000253. The number of alkyl halides is 6. The van der Waals surface area contributed by atoms with Gasteiger partial charge in [-0.3, -0.25) is 19.6 Å². The maximum atomic E-state index is 13.8. The van der Waals surface area contributed by atoms with Crippen LogP contribution < -0.4 is 5.73 Å². The second kappa shape index (κ2) is 17.4. The van der Waals surface area contributed by atoms with Gasteiger partial charge in [0.1, 0.15) is 0 Å². The Hall–Kier alpha value is -3.88. The standard InChI is InChI=1S/C24H28F3N3O.C18H22F3N3O.2ClH/c1-15(2)23(9-7-20(12-23)30-16(3)5-6-17(30)4)22(31)29-10-8-21-18(14-29)11-19(13-28-21)24(25,26)27;1-11(2)17(5-3-14(22)8-17)16(25)24-6-4-15-12(10-24)7-13(9-23-15)18(19,20)21;;/h5-7,9,11,13,15,20H,8,10,12,14H2,1-4H3;3,5,7,9,11,14H,4,6,8,10,22H2,1-2H3;2*1H/t20-,23+;14-,17+;;/m11../s1. The summed E-state index contributed by atoms with van der Waals surface area (Å²) in [6.07, 6.45) is 2.86. The van der Waals surface area contributed by atoms with Crippen molar-refractivity contribution in [2.75, 3.05) is 13.1 Å². The number of nitrogens with zero attached hydrogens (tertiary/aromatic N) is 5. The third kappa shape index (κ3) is 8.99. The largest absolute Gasteiger partial charge is 0.417 e. The lowest BCUT2D eigenvalue weighted by Gasteiger charge is -2.39. The zero-order chi connectivity index (χ0) is 41.0. The first-order chi connectivity index (χ1) is 26.2. The molecule has 318 valence electrons. The molecular formula is C42H52Cl2F6N6O2. The van der Waals surface area contributed by atoms with Crippen LogP contribution in [-0.2, 0) is 47.9 Å². The zero-order valence-corrected chi connectivity index (χ0v) is 35.1. The smallest absolute Gasteiger partial charge is 0.342 e. The van der Waals surface area contributed by atoms with E-state index in [0.29, 0.717) is 61.3 Å². The van der Waals surface area contributed by atoms with Gasteiger partial charge >= 0.3 is 12.4 Å². The van der Waals surface area contributed by atoms with Crippen molar-refractivity contribution in [2.24, 2.45) is 28.4 Å². The minimum Gasteiger partial charge on any atom is -0.342 e. The lowest BCUT2D eigenvalue weighted by atomic mass is 9.74. The van der Waals surface area contributed by atoms with Crippen molar-refractivity contribution < 1.29 is 35.9 Å². The van der Waals surface area contributed by atoms with E-state index in [4.69, 9.17) is 5.73 Å². The zero-order valence-electron chi connectivity index (χ0n) is 33.5. The summed E-state index contributed by atoms with van der Waals surface area (Å²) in [5, 5.41) is 0. The lowest BCUT2D eigenvalue weighted by molar-refractivity contribution is -0.143. The van der Waals surface area contributed by atoms with Gasteiger partial charge in [-0.1, -0.05) is 52.0 Å². The number of carbonyl (C=O) groups is 2. The molecule has 2 aliphatic carbocycles. The van der Waals surface area contributed by atoms with Crippen LogP contribution in [0.25, 0.3) is 0 Å². The Kier molecular flexibility index (Phi) is 14.0. The van der Waals surface area contributed by atoms with Crippen LogP contribution in [0.5, 0.6) is 0 Å². The molecule has 4 aliphatic rings. The Morgan fingerprint density at radius 1 is 0.724 bits per heavy atom. The molecule has 0 aromatic carbocycles. The van der Waals surface area contributed by atoms with Gasteiger partial charge in [0.15, 0.2) is 0 Å². The molecule has 0 spiro atoms. The number of carbonyl (C=O) groups excluding carboxylic acids is 2. The van der Waals surface area contributed by atoms with Crippen LogP contribution in [0.1, 0.15) is 91.6 Å². The minimum absolute atomic E-state index is 0. The molecule has 0 unspecified atom stereocenters. The summed E-state index contributed by atoms with van der Waals surface area (Å²) >= 11 is 0. The SMILES string of the molecule is CC(C)[C@]1(C(=O)N2CCc3ncc(C(F)(F)F)cc3C2)C=C[C@@H](N)C1.Cc1ccc(C)n1[C@@H]1C=C[C@@](C(=O)N2CCc3ncc(C(F)(F)F)cc3C2)(C(C)C)C1.Cl.Cl. The van der Waals surface area contributed by atoms with E-state index in [1.165, 1.54) is 0 Å². The molecule has 0 bridgehead atoms. The number of aryl methyl sites for hydroxylation is 2. The van der Waals surface area contributed by atoms with E-state index in [1.54, 1.807) is 9.80 Å².